The Labute approximate surface area is 171 Å². The Morgan fingerprint density at radius 2 is 1.89 bits per heavy atom. The fourth-order valence-corrected chi connectivity index (χ4v) is 7.60. The SMILES string of the molecule is CC(C)(CN)C[C@@]1(C(N)=O)[C@@H]2C=C[C@@H](C23CC3)[C@@]1(C(N)=O)c1ncc(Br)s1. The molecule has 1 spiro atoms. The van der Waals surface area contributed by atoms with Gasteiger partial charge in [0.15, 0.2) is 0 Å². The highest BCUT2D eigenvalue weighted by atomic mass is 79.9. The second-order valence-electron chi connectivity index (χ2n) is 9.10. The van der Waals surface area contributed by atoms with E-state index in [1.54, 1.807) is 6.20 Å². The van der Waals surface area contributed by atoms with Gasteiger partial charge >= 0.3 is 0 Å². The Hall–Kier alpha value is -1.25. The second kappa shape index (κ2) is 5.64. The van der Waals surface area contributed by atoms with Crippen LogP contribution in [0.25, 0.3) is 0 Å². The van der Waals surface area contributed by atoms with Gasteiger partial charge in [-0.15, -0.1) is 11.3 Å². The molecule has 1 heterocycles. The molecule has 146 valence electrons. The molecule has 6 nitrogen and oxygen atoms in total. The van der Waals surface area contributed by atoms with Crippen molar-refractivity contribution >= 4 is 39.1 Å². The summed E-state index contributed by atoms with van der Waals surface area (Å²) in [7, 11) is 0. The summed E-state index contributed by atoms with van der Waals surface area (Å²) in [6.07, 6.45) is 8.18. The lowest BCUT2D eigenvalue weighted by atomic mass is 9.52. The molecular formula is C19H25BrN4O2S. The number of carbonyl (C=O) groups is 2. The number of hydrogen-bond acceptors (Lipinski definition) is 5. The minimum atomic E-state index is -1.24. The number of allylic oxidation sites excluding steroid dienone is 2. The smallest absolute Gasteiger partial charge is 0.232 e. The number of halogens is 1. The molecule has 27 heavy (non-hydrogen) atoms. The third-order valence-corrected chi connectivity index (χ3v) is 8.83. The molecule has 3 aliphatic rings. The van der Waals surface area contributed by atoms with Crippen LogP contribution in [0.15, 0.2) is 22.1 Å². The third-order valence-electron chi connectivity index (χ3n) is 7.22. The molecule has 0 aromatic carbocycles. The number of primary amides is 2. The summed E-state index contributed by atoms with van der Waals surface area (Å²) in [4.78, 5) is 31.0. The van der Waals surface area contributed by atoms with Gasteiger partial charge in [-0.2, -0.15) is 0 Å². The van der Waals surface area contributed by atoms with Gasteiger partial charge in [0.2, 0.25) is 11.8 Å². The summed E-state index contributed by atoms with van der Waals surface area (Å²) in [5.74, 6) is -1.27. The molecule has 3 aliphatic carbocycles. The quantitative estimate of drug-likeness (QED) is 0.570. The summed E-state index contributed by atoms with van der Waals surface area (Å²) in [6, 6.07) is 0. The number of amides is 2. The molecule has 2 fully saturated rings. The molecule has 1 aromatic rings. The minimum absolute atomic E-state index is 0.117. The number of nitrogens with zero attached hydrogens (tertiary/aromatic N) is 1. The maximum absolute atomic E-state index is 13.2. The summed E-state index contributed by atoms with van der Waals surface area (Å²) < 4.78 is 0.797. The zero-order valence-electron chi connectivity index (χ0n) is 15.5. The van der Waals surface area contributed by atoms with Crippen molar-refractivity contribution in [2.24, 2.45) is 45.3 Å². The predicted molar refractivity (Wildman–Crippen MR) is 108 cm³/mol. The molecule has 4 rings (SSSR count). The van der Waals surface area contributed by atoms with Crippen molar-refractivity contribution in [3.63, 3.8) is 0 Å². The molecule has 2 bridgehead atoms. The fourth-order valence-electron chi connectivity index (χ4n) is 6.07. The van der Waals surface area contributed by atoms with Crippen LogP contribution < -0.4 is 17.2 Å². The number of hydrogen-bond donors (Lipinski definition) is 3. The van der Waals surface area contributed by atoms with Crippen LogP contribution in [0, 0.1) is 28.1 Å². The van der Waals surface area contributed by atoms with Crippen molar-refractivity contribution in [3.8, 4) is 0 Å². The molecule has 0 saturated heterocycles. The minimum Gasteiger partial charge on any atom is -0.369 e. The summed E-state index contributed by atoms with van der Waals surface area (Å²) in [6.45, 7) is 4.40. The lowest BCUT2D eigenvalue weighted by Crippen LogP contribution is -2.63. The Morgan fingerprint density at radius 1 is 1.26 bits per heavy atom. The van der Waals surface area contributed by atoms with Crippen molar-refractivity contribution < 1.29 is 9.59 Å². The zero-order chi connectivity index (χ0) is 19.8. The van der Waals surface area contributed by atoms with E-state index in [-0.39, 0.29) is 22.7 Å². The fraction of sp³-hybridized carbons (Fsp3) is 0.632. The molecule has 4 atom stereocenters. The number of nitrogens with two attached hydrogens (primary N) is 3. The zero-order valence-corrected chi connectivity index (χ0v) is 17.9. The van der Waals surface area contributed by atoms with Gasteiger partial charge in [0.1, 0.15) is 10.4 Å². The van der Waals surface area contributed by atoms with Gasteiger partial charge in [-0.3, -0.25) is 9.59 Å². The van der Waals surface area contributed by atoms with Gasteiger partial charge in [0, 0.05) is 5.92 Å². The highest BCUT2D eigenvalue weighted by Crippen LogP contribution is 2.81. The molecule has 0 aliphatic heterocycles. The Balaban J connectivity index is 2.06. The van der Waals surface area contributed by atoms with Crippen LogP contribution in [0.4, 0.5) is 0 Å². The third kappa shape index (κ3) is 2.12. The largest absolute Gasteiger partial charge is 0.369 e. The first-order valence-corrected chi connectivity index (χ1v) is 10.8. The van der Waals surface area contributed by atoms with Crippen LogP contribution in [-0.2, 0) is 15.0 Å². The molecule has 0 radical (unpaired) electrons. The first kappa shape index (κ1) is 19.1. The van der Waals surface area contributed by atoms with Gasteiger partial charge in [-0.25, -0.2) is 4.98 Å². The second-order valence-corrected chi connectivity index (χ2v) is 11.5. The van der Waals surface area contributed by atoms with E-state index in [4.69, 9.17) is 17.2 Å². The Bertz CT molecular complexity index is 862. The van der Waals surface area contributed by atoms with E-state index in [1.165, 1.54) is 11.3 Å². The summed E-state index contributed by atoms with van der Waals surface area (Å²) in [5, 5.41) is 0.580. The van der Waals surface area contributed by atoms with E-state index in [0.717, 1.165) is 16.6 Å². The molecule has 0 unspecified atom stereocenters. The van der Waals surface area contributed by atoms with E-state index in [9.17, 15) is 9.59 Å². The van der Waals surface area contributed by atoms with Crippen molar-refractivity contribution in [3.05, 3.63) is 27.1 Å². The topological polar surface area (TPSA) is 125 Å². The number of rotatable bonds is 6. The van der Waals surface area contributed by atoms with Crippen LogP contribution in [0.3, 0.4) is 0 Å². The molecule has 2 amide bonds. The highest BCUT2D eigenvalue weighted by Gasteiger charge is 2.84. The molecule has 6 N–H and O–H groups in total. The van der Waals surface area contributed by atoms with Crippen molar-refractivity contribution in [2.45, 2.75) is 38.5 Å². The van der Waals surface area contributed by atoms with E-state index < -0.39 is 22.6 Å². The van der Waals surface area contributed by atoms with Gasteiger partial charge in [0.25, 0.3) is 0 Å². The average molecular weight is 453 g/mol. The van der Waals surface area contributed by atoms with Gasteiger partial charge in [-0.1, -0.05) is 26.0 Å². The lowest BCUT2D eigenvalue weighted by Gasteiger charge is -2.49. The van der Waals surface area contributed by atoms with E-state index >= 15 is 0 Å². The summed E-state index contributed by atoms with van der Waals surface area (Å²) >= 11 is 4.81. The molecule has 2 saturated carbocycles. The molecular weight excluding hydrogens is 428 g/mol. The van der Waals surface area contributed by atoms with Crippen LogP contribution >= 0.6 is 27.3 Å². The normalized spacial score (nSPS) is 35.7. The first-order chi connectivity index (χ1) is 12.6. The highest BCUT2D eigenvalue weighted by molar-refractivity contribution is 9.11. The van der Waals surface area contributed by atoms with Crippen LogP contribution in [0.2, 0.25) is 0 Å². The monoisotopic (exact) mass is 452 g/mol. The van der Waals surface area contributed by atoms with Crippen LogP contribution in [0.1, 0.15) is 38.1 Å². The van der Waals surface area contributed by atoms with E-state index in [0.29, 0.717) is 18.0 Å². The van der Waals surface area contributed by atoms with E-state index in [1.807, 2.05) is 13.8 Å². The maximum Gasteiger partial charge on any atom is 0.232 e. The van der Waals surface area contributed by atoms with Crippen LogP contribution in [-0.4, -0.2) is 23.3 Å². The van der Waals surface area contributed by atoms with Crippen LogP contribution in [0.5, 0.6) is 0 Å². The summed E-state index contributed by atoms with van der Waals surface area (Å²) in [5.41, 5.74) is 15.4. The first-order valence-electron chi connectivity index (χ1n) is 9.18. The lowest BCUT2D eigenvalue weighted by molar-refractivity contribution is -0.145. The van der Waals surface area contributed by atoms with Crippen molar-refractivity contribution in [1.82, 2.24) is 4.98 Å². The predicted octanol–water partition coefficient (Wildman–Crippen LogP) is 2.07. The average Bonchev–Trinajstić information content (AvgIpc) is 3.05. The maximum atomic E-state index is 13.2. The van der Waals surface area contributed by atoms with Crippen molar-refractivity contribution in [2.75, 3.05) is 6.54 Å². The number of aromatic nitrogens is 1. The molecule has 1 aromatic heterocycles. The van der Waals surface area contributed by atoms with Gasteiger partial charge < -0.3 is 17.2 Å². The Kier molecular flexibility index (Phi) is 3.99. The van der Waals surface area contributed by atoms with Gasteiger partial charge in [-0.05, 0) is 58.5 Å². The standard InChI is InChI=1S/C19H25BrN4O2S/c1-16(2,9-21)8-18(13(22)25)10-3-4-11(17(10)5-6-17)19(18,14(23)26)15-24-7-12(20)27-15/h3-4,7,10-11H,5-6,8-9,21H2,1-2H3,(H2,22,25)(H2,23,26)/t10-,11+,18+,19-/m1/s1. The molecule has 8 heteroatoms. The van der Waals surface area contributed by atoms with Gasteiger partial charge in [0.05, 0.1) is 15.4 Å². The number of carbonyl (C=O) groups excluding carboxylic acids is 2. The van der Waals surface area contributed by atoms with Crippen molar-refractivity contribution in [1.29, 1.82) is 0 Å². The van der Waals surface area contributed by atoms with E-state index in [2.05, 4.69) is 33.1 Å². The Morgan fingerprint density at radius 3 is 2.33 bits per heavy atom. The number of thiazole rings is 1.